The number of Topliss-reactive ketones (excluding diaryl/α,β-unsaturated/α-hetero) is 1. The van der Waals surface area contributed by atoms with Crippen LogP contribution >= 0.6 is 15.9 Å². The molecule has 17 heavy (non-hydrogen) atoms. The minimum Gasteiger partial charge on any atom is -0.405 e. The molecule has 7 heteroatoms. The number of benzene rings is 1. The summed E-state index contributed by atoms with van der Waals surface area (Å²) in [5.74, 6) is -1.22. The Morgan fingerprint density at radius 2 is 2.06 bits per heavy atom. The quantitative estimate of drug-likeness (QED) is 0.488. The zero-order valence-corrected chi connectivity index (χ0v) is 9.84. The summed E-state index contributed by atoms with van der Waals surface area (Å²) in [4.78, 5) is 21.9. The molecule has 0 aliphatic carbocycles. The van der Waals surface area contributed by atoms with E-state index in [-0.39, 0.29) is 16.5 Å². The maximum atomic E-state index is 12.1. The number of ether oxygens (including phenoxy) is 1. The van der Waals surface area contributed by atoms with Crippen LogP contribution in [0.4, 0.5) is 13.2 Å². The van der Waals surface area contributed by atoms with Crippen molar-refractivity contribution in [3.05, 3.63) is 29.3 Å². The largest absolute Gasteiger partial charge is 0.573 e. The maximum Gasteiger partial charge on any atom is 0.573 e. The average molecular weight is 311 g/mol. The lowest BCUT2D eigenvalue weighted by atomic mass is 10.1. The van der Waals surface area contributed by atoms with Gasteiger partial charge in [0.1, 0.15) is 12.0 Å². The van der Waals surface area contributed by atoms with Crippen LogP contribution in [0.25, 0.3) is 0 Å². The molecule has 92 valence electrons. The van der Waals surface area contributed by atoms with E-state index in [1.165, 1.54) is 0 Å². The molecule has 0 aliphatic heterocycles. The standard InChI is InChI=1S/C10H6BrF3O3/c11-4-8(16)7-3-6(5-15)1-2-9(7)17-10(12,13)14/h1-3,5H,4H2. The van der Waals surface area contributed by atoms with Crippen molar-refractivity contribution in [1.29, 1.82) is 0 Å². The molecule has 0 heterocycles. The van der Waals surface area contributed by atoms with E-state index in [4.69, 9.17) is 0 Å². The fourth-order valence-electron chi connectivity index (χ4n) is 1.12. The molecule has 0 unspecified atom stereocenters. The lowest BCUT2D eigenvalue weighted by molar-refractivity contribution is -0.274. The van der Waals surface area contributed by atoms with Gasteiger partial charge in [-0.2, -0.15) is 0 Å². The topological polar surface area (TPSA) is 43.4 Å². The zero-order chi connectivity index (χ0) is 13.1. The van der Waals surface area contributed by atoms with E-state index in [9.17, 15) is 22.8 Å². The van der Waals surface area contributed by atoms with Gasteiger partial charge >= 0.3 is 6.36 Å². The number of hydrogen-bond donors (Lipinski definition) is 0. The Balaban J connectivity index is 3.20. The van der Waals surface area contributed by atoms with Crippen LogP contribution < -0.4 is 4.74 Å². The Morgan fingerprint density at radius 3 is 2.53 bits per heavy atom. The fourth-order valence-corrected chi connectivity index (χ4v) is 1.43. The number of hydrogen-bond acceptors (Lipinski definition) is 3. The third-order valence-electron chi connectivity index (χ3n) is 1.79. The van der Waals surface area contributed by atoms with E-state index < -0.39 is 17.9 Å². The van der Waals surface area contributed by atoms with Gasteiger partial charge in [-0.15, -0.1) is 13.2 Å². The molecule has 0 aromatic heterocycles. The molecule has 1 aromatic rings. The SMILES string of the molecule is O=Cc1ccc(OC(F)(F)F)c(C(=O)CBr)c1. The second-order valence-corrected chi connectivity index (χ2v) is 3.54. The predicted molar refractivity (Wildman–Crippen MR) is 56.6 cm³/mol. The monoisotopic (exact) mass is 310 g/mol. The van der Waals surface area contributed by atoms with E-state index in [1.54, 1.807) is 0 Å². The Bertz CT molecular complexity index is 443. The molecule has 0 spiro atoms. The average Bonchev–Trinajstić information content (AvgIpc) is 2.26. The summed E-state index contributed by atoms with van der Waals surface area (Å²) in [6.45, 7) is 0. The summed E-state index contributed by atoms with van der Waals surface area (Å²) in [5, 5.41) is -0.163. The number of carbonyl (C=O) groups is 2. The van der Waals surface area contributed by atoms with Crippen molar-refractivity contribution in [2.75, 3.05) is 5.33 Å². The van der Waals surface area contributed by atoms with Crippen LogP contribution in [-0.4, -0.2) is 23.8 Å². The van der Waals surface area contributed by atoms with Gasteiger partial charge < -0.3 is 4.74 Å². The minimum absolute atomic E-state index is 0.101. The van der Waals surface area contributed by atoms with Crippen LogP contribution in [-0.2, 0) is 0 Å². The maximum absolute atomic E-state index is 12.1. The highest BCUT2D eigenvalue weighted by atomic mass is 79.9. The van der Waals surface area contributed by atoms with E-state index >= 15 is 0 Å². The van der Waals surface area contributed by atoms with Gasteiger partial charge in [0.05, 0.1) is 10.9 Å². The van der Waals surface area contributed by atoms with Crippen molar-refractivity contribution in [3.8, 4) is 5.75 Å². The molecule has 0 amide bonds. The van der Waals surface area contributed by atoms with Crippen LogP contribution in [0.15, 0.2) is 18.2 Å². The highest BCUT2D eigenvalue weighted by Crippen LogP contribution is 2.27. The van der Waals surface area contributed by atoms with Gasteiger partial charge in [-0.25, -0.2) is 0 Å². The zero-order valence-electron chi connectivity index (χ0n) is 8.25. The second-order valence-electron chi connectivity index (χ2n) is 2.98. The van der Waals surface area contributed by atoms with Crippen LogP contribution in [0.1, 0.15) is 20.7 Å². The molecular weight excluding hydrogens is 305 g/mol. The second kappa shape index (κ2) is 5.31. The highest BCUT2D eigenvalue weighted by Gasteiger charge is 2.32. The van der Waals surface area contributed by atoms with Crippen LogP contribution in [0, 0.1) is 0 Å². The van der Waals surface area contributed by atoms with Crippen molar-refractivity contribution in [3.63, 3.8) is 0 Å². The number of aldehydes is 1. The Hall–Kier alpha value is -1.37. The minimum atomic E-state index is -4.88. The number of carbonyl (C=O) groups excluding carboxylic acids is 2. The first-order valence-electron chi connectivity index (χ1n) is 4.31. The molecule has 1 aromatic carbocycles. The summed E-state index contributed by atoms with van der Waals surface area (Å²) in [6.07, 6.45) is -4.45. The first-order chi connectivity index (χ1) is 7.87. The van der Waals surface area contributed by atoms with Crippen molar-refractivity contribution in [2.24, 2.45) is 0 Å². The van der Waals surface area contributed by atoms with E-state index in [0.29, 0.717) is 6.29 Å². The highest BCUT2D eigenvalue weighted by molar-refractivity contribution is 9.09. The van der Waals surface area contributed by atoms with Crippen LogP contribution in [0.5, 0.6) is 5.75 Å². The predicted octanol–water partition coefficient (Wildman–Crippen LogP) is 2.98. The van der Waals surface area contributed by atoms with E-state index in [0.717, 1.165) is 18.2 Å². The van der Waals surface area contributed by atoms with Crippen molar-refractivity contribution < 1.29 is 27.5 Å². The number of halogens is 4. The Labute approximate surface area is 103 Å². The van der Waals surface area contributed by atoms with Crippen LogP contribution in [0.2, 0.25) is 0 Å². The molecule has 0 saturated carbocycles. The van der Waals surface area contributed by atoms with Gasteiger partial charge in [-0.3, -0.25) is 9.59 Å². The van der Waals surface area contributed by atoms with Gasteiger partial charge in [0.15, 0.2) is 5.78 Å². The van der Waals surface area contributed by atoms with Crippen molar-refractivity contribution >= 4 is 28.0 Å². The number of ketones is 1. The lowest BCUT2D eigenvalue weighted by Gasteiger charge is -2.12. The van der Waals surface area contributed by atoms with Crippen molar-refractivity contribution in [1.82, 2.24) is 0 Å². The fraction of sp³-hybridized carbons (Fsp3) is 0.200. The summed E-state index contributed by atoms with van der Waals surface area (Å²) in [6, 6.07) is 3.13. The van der Waals surface area contributed by atoms with Gasteiger partial charge in [-0.1, -0.05) is 15.9 Å². The molecule has 0 N–H and O–H groups in total. The first kappa shape index (κ1) is 13.7. The Kier molecular flexibility index (Phi) is 4.28. The van der Waals surface area contributed by atoms with E-state index in [2.05, 4.69) is 20.7 Å². The van der Waals surface area contributed by atoms with Crippen molar-refractivity contribution in [2.45, 2.75) is 6.36 Å². The first-order valence-corrected chi connectivity index (χ1v) is 5.43. The number of rotatable bonds is 4. The van der Waals surface area contributed by atoms with Gasteiger partial charge in [-0.05, 0) is 18.2 Å². The van der Waals surface area contributed by atoms with Gasteiger partial charge in [0.2, 0.25) is 0 Å². The molecule has 1 rings (SSSR count). The molecular formula is C10H6BrF3O3. The summed E-state index contributed by atoms with van der Waals surface area (Å²) < 4.78 is 39.9. The molecule has 0 aliphatic rings. The molecule has 0 radical (unpaired) electrons. The molecule has 0 saturated heterocycles. The Morgan fingerprint density at radius 1 is 1.41 bits per heavy atom. The summed E-state index contributed by atoms with van der Waals surface area (Å²) in [5.41, 5.74) is -0.187. The smallest absolute Gasteiger partial charge is 0.405 e. The summed E-state index contributed by atoms with van der Waals surface area (Å²) in [7, 11) is 0. The van der Waals surface area contributed by atoms with E-state index in [1.807, 2.05) is 0 Å². The van der Waals surface area contributed by atoms with Gasteiger partial charge in [0.25, 0.3) is 0 Å². The van der Waals surface area contributed by atoms with Gasteiger partial charge in [0, 0.05) is 5.56 Å². The molecule has 0 atom stereocenters. The molecule has 0 bridgehead atoms. The normalized spacial score (nSPS) is 11.1. The third kappa shape index (κ3) is 3.85. The number of alkyl halides is 4. The molecule has 0 fully saturated rings. The molecule has 3 nitrogen and oxygen atoms in total. The summed E-state index contributed by atoms with van der Waals surface area (Å²) >= 11 is 2.84. The lowest BCUT2D eigenvalue weighted by Crippen LogP contribution is -2.19. The third-order valence-corrected chi connectivity index (χ3v) is 2.30. The van der Waals surface area contributed by atoms with Crippen LogP contribution in [0.3, 0.4) is 0 Å².